The van der Waals surface area contributed by atoms with Crippen LogP contribution in [0.2, 0.25) is 19.1 Å². The first-order valence-electron chi connectivity index (χ1n) is 5.24. The first kappa shape index (κ1) is 10.3. The molecular formula is C10H22OSi. The van der Waals surface area contributed by atoms with Gasteiger partial charge in [0.2, 0.25) is 0 Å². The van der Waals surface area contributed by atoms with Gasteiger partial charge in [-0.05, 0) is 38.4 Å². The first-order valence-corrected chi connectivity index (χ1v) is 8.35. The first-order chi connectivity index (χ1) is 5.54. The summed E-state index contributed by atoms with van der Waals surface area (Å²) in [5.41, 5.74) is 0.258. The summed E-state index contributed by atoms with van der Waals surface area (Å²) in [6.45, 7) is 9.23. The van der Waals surface area contributed by atoms with Gasteiger partial charge in [-0.25, -0.2) is 0 Å². The van der Waals surface area contributed by atoms with Crippen molar-refractivity contribution in [2.24, 2.45) is 0 Å². The molecule has 0 spiro atoms. The smallest absolute Gasteiger partial charge is 0.187 e. The molecule has 0 bridgehead atoms. The van der Waals surface area contributed by atoms with Crippen LogP contribution in [0, 0.1) is 0 Å². The largest absolute Gasteiger partial charge is 0.412 e. The molecule has 0 saturated carbocycles. The Morgan fingerprint density at radius 1 is 1.25 bits per heavy atom. The van der Waals surface area contributed by atoms with Gasteiger partial charge in [0.05, 0.1) is 5.60 Å². The highest BCUT2D eigenvalue weighted by atomic mass is 28.4. The lowest BCUT2D eigenvalue weighted by Gasteiger charge is -2.44. The molecule has 0 amide bonds. The highest BCUT2D eigenvalue weighted by Crippen LogP contribution is 2.37. The van der Waals surface area contributed by atoms with Crippen LogP contribution in [0.25, 0.3) is 0 Å². The summed E-state index contributed by atoms with van der Waals surface area (Å²) < 4.78 is 6.30. The predicted molar refractivity (Wildman–Crippen MR) is 55.9 cm³/mol. The SMILES string of the molecule is CCC1(CC)CCC[Si](C)(C)O1. The molecule has 0 aliphatic carbocycles. The number of rotatable bonds is 2. The lowest BCUT2D eigenvalue weighted by molar-refractivity contribution is 0.0268. The van der Waals surface area contributed by atoms with E-state index in [1.54, 1.807) is 0 Å². The second-order valence-corrected chi connectivity index (χ2v) is 8.83. The summed E-state index contributed by atoms with van der Waals surface area (Å²) >= 11 is 0. The molecule has 1 saturated heterocycles. The van der Waals surface area contributed by atoms with Crippen LogP contribution in [0.4, 0.5) is 0 Å². The average Bonchev–Trinajstić information content (AvgIpc) is 2.02. The molecule has 1 nitrogen and oxygen atoms in total. The molecule has 2 heteroatoms. The molecule has 0 aromatic heterocycles. The molecule has 72 valence electrons. The molecule has 1 rings (SSSR count). The summed E-state index contributed by atoms with van der Waals surface area (Å²) in [7, 11) is -1.27. The Balaban J connectivity index is 2.65. The van der Waals surface area contributed by atoms with Gasteiger partial charge in [0.25, 0.3) is 0 Å². The molecule has 0 N–H and O–H groups in total. The zero-order valence-corrected chi connectivity index (χ0v) is 9.94. The van der Waals surface area contributed by atoms with Crippen LogP contribution in [0.3, 0.4) is 0 Å². The van der Waals surface area contributed by atoms with Gasteiger partial charge in [-0.15, -0.1) is 0 Å². The lowest BCUT2D eigenvalue weighted by Crippen LogP contribution is -2.47. The van der Waals surface area contributed by atoms with Crippen LogP contribution in [0.1, 0.15) is 39.5 Å². The molecule has 12 heavy (non-hydrogen) atoms. The fourth-order valence-corrected chi connectivity index (χ4v) is 4.97. The summed E-state index contributed by atoms with van der Waals surface area (Å²) in [6, 6.07) is 1.36. The van der Waals surface area contributed by atoms with E-state index in [0.29, 0.717) is 0 Å². The van der Waals surface area contributed by atoms with Gasteiger partial charge in [-0.3, -0.25) is 0 Å². The maximum Gasteiger partial charge on any atom is 0.187 e. The summed E-state index contributed by atoms with van der Waals surface area (Å²) in [6.07, 6.45) is 5.07. The second-order valence-electron chi connectivity index (χ2n) is 4.61. The molecule has 0 unspecified atom stereocenters. The van der Waals surface area contributed by atoms with Crippen LogP contribution in [-0.2, 0) is 4.43 Å². The van der Waals surface area contributed by atoms with Gasteiger partial charge in [-0.2, -0.15) is 0 Å². The Kier molecular flexibility index (Phi) is 3.00. The van der Waals surface area contributed by atoms with E-state index in [9.17, 15) is 0 Å². The maximum atomic E-state index is 6.30. The molecule has 1 fully saturated rings. The topological polar surface area (TPSA) is 9.23 Å². The predicted octanol–water partition coefficient (Wildman–Crippen LogP) is 3.56. The molecule has 1 aliphatic rings. The third-order valence-corrected chi connectivity index (χ3v) is 5.74. The van der Waals surface area contributed by atoms with Crippen LogP contribution in [0.5, 0.6) is 0 Å². The van der Waals surface area contributed by atoms with Gasteiger partial charge in [0.1, 0.15) is 0 Å². The van der Waals surface area contributed by atoms with E-state index in [-0.39, 0.29) is 5.60 Å². The maximum absolute atomic E-state index is 6.30. The normalized spacial score (nSPS) is 27.0. The third-order valence-electron chi connectivity index (χ3n) is 3.19. The second kappa shape index (κ2) is 3.50. The van der Waals surface area contributed by atoms with E-state index in [1.165, 1.54) is 31.7 Å². The lowest BCUT2D eigenvalue weighted by atomic mass is 9.92. The third kappa shape index (κ3) is 2.11. The summed E-state index contributed by atoms with van der Waals surface area (Å²) in [4.78, 5) is 0. The van der Waals surface area contributed by atoms with Crippen molar-refractivity contribution >= 4 is 8.32 Å². The zero-order chi connectivity index (χ0) is 9.24. The fourth-order valence-electron chi connectivity index (χ4n) is 2.27. The van der Waals surface area contributed by atoms with Crippen LogP contribution in [0.15, 0.2) is 0 Å². The molecule has 0 aromatic rings. The van der Waals surface area contributed by atoms with Crippen LogP contribution >= 0.6 is 0 Å². The van der Waals surface area contributed by atoms with Gasteiger partial charge in [-0.1, -0.05) is 20.3 Å². The van der Waals surface area contributed by atoms with E-state index >= 15 is 0 Å². The van der Waals surface area contributed by atoms with E-state index in [1.807, 2.05) is 0 Å². The van der Waals surface area contributed by atoms with E-state index in [4.69, 9.17) is 4.43 Å². The minimum atomic E-state index is -1.27. The van der Waals surface area contributed by atoms with Crippen molar-refractivity contribution < 1.29 is 4.43 Å². The van der Waals surface area contributed by atoms with Crippen molar-refractivity contribution in [3.8, 4) is 0 Å². The van der Waals surface area contributed by atoms with Gasteiger partial charge in [0, 0.05) is 0 Å². The standard InChI is InChI=1S/C10H22OSi/c1-5-10(6-2)8-7-9-12(3,4)11-10/h5-9H2,1-4H3. The Morgan fingerprint density at radius 3 is 2.17 bits per heavy atom. The van der Waals surface area contributed by atoms with Crippen molar-refractivity contribution in [1.29, 1.82) is 0 Å². The quantitative estimate of drug-likeness (QED) is 0.599. The van der Waals surface area contributed by atoms with Crippen molar-refractivity contribution in [1.82, 2.24) is 0 Å². The minimum absolute atomic E-state index is 0.258. The highest BCUT2D eigenvalue weighted by Gasteiger charge is 2.39. The Hall–Kier alpha value is 0.177. The molecular weight excluding hydrogens is 164 g/mol. The Morgan fingerprint density at radius 2 is 1.83 bits per heavy atom. The Labute approximate surface area is 77.6 Å². The summed E-state index contributed by atoms with van der Waals surface area (Å²) in [5, 5.41) is 0. The van der Waals surface area contributed by atoms with Gasteiger partial charge >= 0.3 is 0 Å². The average molecular weight is 186 g/mol. The van der Waals surface area contributed by atoms with Crippen molar-refractivity contribution in [2.45, 2.75) is 64.3 Å². The van der Waals surface area contributed by atoms with Crippen molar-refractivity contribution in [3.05, 3.63) is 0 Å². The molecule has 1 heterocycles. The molecule has 0 atom stereocenters. The van der Waals surface area contributed by atoms with E-state index in [0.717, 1.165) is 0 Å². The highest BCUT2D eigenvalue weighted by molar-refractivity contribution is 6.71. The molecule has 1 aliphatic heterocycles. The van der Waals surface area contributed by atoms with E-state index < -0.39 is 8.32 Å². The Bertz CT molecular complexity index is 150. The number of hydrogen-bond donors (Lipinski definition) is 0. The van der Waals surface area contributed by atoms with Gasteiger partial charge < -0.3 is 4.43 Å². The van der Waals surface area contributed by atoms with E-state index in [2.05, 4.69) is 26.9 Å². The summed E-state index contributed by atoms with van der Waals surface area (Å²) in [5.74, 6) is 0. The monoisotopic (exact) mass is 186 g/mol. The zero-order valence-electron chi connectivity index (χ0n) is 8.94. The van der Waals surface area contributed by atoms with Crippen molar-refractivity contribution in [2.75, 3.05) is 0 Å². The number of hydrogen-bond acceptors (Lipinski definition) is 1. The molecule has 0 radical (unpaired) electrons. The van der Waals surface area contributed by atoms with Crippen molar-refractivity contribution in [3.63, 3.8) is 0 Å². The minimum Gasteiger partial charge on any atom is -0.412 e. The fraction of sp³-hybridized carbons (Fsp3) is 1.00. The molecule has 0 aromatic carbocycles. The van der Waals surface area contributed by atoms with Gasteiger partial charge in [0.15, 0.2) is 8.32 Å². The van der Waals surface area contributed by atoms with Crippen LogP contribution in [-0.4, -0.2) is 13.9 Å². The van der Waals surface area contributed by atoms with Crippen LogP contribution < -0.4 is 0 Å².